The molecule has 0 spiro atoms. The van der Waals surface area contributed by atoms with Gasteiger partial charge in [-0.3, -0.25) is 14.4 Å². The SMILES string of the molecule is CC1C(=O)OC2CC3(C)OC3C(CC(=O)O)C(N(C)C)C3C=C(OC3=O)C21. The summed E-state index contributed by atoms with van der Waals surface area (Å²) in [6, 6.07) is -0.372. The molecule has 2 fully saturated rings. The lowest BCUT2D eigenvalue weighted by molar-refractivity contribution is -0.145. The number of ether oxygens (including phenoxy) is 3. The van der Waals surface area contributed by atoms with Crippen molar-refractivity contribution in [3.05, 3.63) is 11.8 Å². The molecule has 1 aliphatic carbocycles. The number of hydrogen-bond donors (Lipinski definition) is 1. The number of esters is 2. The minimum absolute atomic E-state index is 0.111. The van der Waals surface area contributed by atoms with Crippen molar-refractivity contribution in [3.8, 4) is 0 Å². The van der Waals surface area contributed by atoms with Gasteiger partial charge in [-0.2, -0.15) is 0 Å². The summed E-state index contributed by atoms with van der Waals surface area (Å²) in [5.74, 6) is -2.90. The summed E-state index contributed by atoms with van der Waals surface area (Å²) in [6.45, 7) is 3.71. The predicted molar refractivity (Wildman–Crippen MR) is 91.3 cm³/mol. The first kappa shape index (κ1) is 18.4. The van der Waals surface area contributed by atoms with Gasteiger partial charge in [0.2, 0.25) is 0 Å². The van der Waals surface area contributed by atoms with Crippen molar-refractivity contribution in [3.63, 3.8) is 0 Å². The summed E-state index contributed by atoms with van der Waals surface area (Å²) < 4.78 is 17.1. The van der Waals surface area contributed by atoms with E-state index < -0.39 is 35.5 Å². The Morgan fingerprint density at radius 3 is 2.67 bits per heavy atom. The molecule has 8 atom stereocenters. The number of fused-ring (bicyclic) bond motifs is 4. The quantitative estimate of drug-likeness (QED) is 0.567. The van der Waals surface area contributed by atoms with Gasteiger partial charge in [-0.15, -0.1) is 0 Å². The number of rotatable bonds is 3. The molecule has 8 nitrogen and oxygen atoms in total. The summed E-state index contributed by atoms with van der Waals surface area (Å²) in [5, 5.41) is 9.45. The summed E-state index contributed by atoms with van der Waals surface area (Å²) in [6.07, 6.45) is 1.35. The predicted octanol–water partition coefficient (Wildman–Crippen LogP) is 0.803. The Morgan fingerprint density at radius 2 is 2.04 bits per heavy atom. The van der Waals surface area contributed by atoms with Gasteiger partial charge in [0.05, 0.1) is 35.9 Å². The van der Waals surface area contributed by atoms with Crippen LogP contribution in [0.25, 0.3) is 0 Å². The van der Waals surface area contributed by atoms with Crippen LogP contribution in [0.15, 0.2) is 11.8 Å². The number of epoxide rings is 1. The van der Waals surface area contributed by atoms with Crippen LogP contribution < -0.4 is 0 Å². The zero-order valence-electron chi connectivity index (χ0n) is 15.9. The van der Waals surface area contributed by atoms with Crippen LogP contribution >= 0.6 is 0 Å². The number of aliphatic carboxylic acids is 1. The average molecular weight is 379 g/mol. The van der Waals surface area contributed by atoms with E-state index in [1.807, 2.05) is 25.9 Å². The molecule has 0 saturated carbocycles. The van der Waals surface area contributed by atoms with Gasteiger partial charge in [0, 0.05) is 18.4 Å². The van der Waals surface area contributed by atoms with Crippen LogP contribution in [0.5, 0.6) is 0 Å². The largest absolute Gasteiger partial charge is 0.481 e. The molecule has 0 radical (unpaired) electrons. The Balaban J connectivity index is 1.79. The van der Waals surface area contributed by atoms with Crippen LogP contribution in [0.3, 0.4) is 0 Å². The fourth-order valence-electron chi connectivity index (χ4n) is 5.22. The first-order chi connectivity index (χ1) is 12.6. The maximum atomic E-state index is 12.7. The Kier molecular flexibility index (Phi) is 4.12. The smallest absolute Gasteiger partial charge is 0.319 e. The maximum Gasteiger partial charge on any atom is 0.319 e. The lowest BCUT2D eigenvalue weighted by atomic mass is 9.76. The minimum atomic E-state index is -0.934. The molecule has 0 amide bonds. The second-order valence-corrected chi connectivity index (χ2v) is 8.58. The van der Waals surface area contributed by atoms with E-state index in [4.69, 9.17) is 14.2 Å². The average Bonchev–Trinajstić information content (AvgIpc) is 2.95. The van der Waals surface area contributed by atoms with Crippen molar-refractivity contribution in [2.75, 3.05) is 14.1 Å². The Hall–Kier alpha value is -1.93. The normalized spacial score (nSPS) is 45.5. The standard InChI is InChI=1S/C19H25NO7/c1-8-14-11-5-10(18(24)25-11)15(20(3)4)9(6-13(21)22)16-19(2,27-16)7-12(14)26-17(8)23/h5,8-10,12,14-16H,6-7H2,1-4H3,(H,21,22). The van der Waals surface area contributed by atoms with Crippen molar-refractivity contribution < 1.29 is 33.7 Å². The molecule has 27 heavy (non-hydrogen) atoms. The number of carbonyl (C=O) groups excluding carboxylic acids is 2. The molecule has 3 aliphatic heterocycles. The lowest BCUT2D eigenvalue weighted by Gasteiger charge is -2.34. The fraction of sp³-hybridized carbons (Fsp3) is 0.737. The Morgan fingerprint density at radius 1 is 1.33 bits per heavy atom. The highest BCUT2D eigenvalue weighted by molar-refractivity contribution is 5.81. The molecule has 4 aliphatic rings. The zero-order chi connectivity index (χ0) is 19.7. The van der Waals surface area contributed by atoms with E-state index in [0.29, 0.717) is 12.2 Å². The highest BCUT2D eigenvalue weighted by Gasteiger charge is 2.64. The molecule has 0 aromatic carbocycles. The first-order valence-electron chi connectivity index (χ1n) is 9.32. The number of nitrogens with zero attached hydrogens (tertiary/aromatic N) is 1. The van der Waals surface area contributed by atoms with Gasteiger partial charge in [0.1, 0.15) is 11.9 Å². The van der Waals surface area contributed by atoms with Crippen molar-refractivity contribution >= 4 is 17.9 Å². The van der Waals surface area contributed by atoms with Crippen molar-refractivity contribution in [2.24, 2.45) is 23.7 Å². The Bertz CT molecular complexity index is 732. The fourth-order valence-corrected chi connectivity index (χ4v) is 5.22. The number of carboxylic acid groups (broad SMARTS) is 1. The van der Waals surface area contributed by atoms with Gasteiger partial charge in [-0.05, 0) is 27.1 Å². The molecule has 1 N–H and O–H groups in total. The Labute approximate surface area is 157 Å². The molecule has 2 saturated heterocycles. The van der Waals surface area contributed by atoms with E-state index >= 15 is 0 Å². The second kappa shape index (κ2) is 6.04. The molecule has 148 valence electrons. The maximum absolute atomic E-state index is 12.7. The third-order valence-corrected chi connectivity index (χ3v) is 6.49. The number of hydrogen-bond acceptors (Lipinski definition) is 7. The molecular weight excluding hydrogens is 354 g/mol. The van der Waals surface area contributed by atoms with Crippen LogP contribution in [0.2, 0.25) is 0 Å². The molecule has 4 rings (SSSR count). The molecule has 8 heteroatoms. The molecule has 2 bridgehead atoms. The molecular formula is C19H25NO7. The number of carboxylic acids is 1. The lowest BCUT2D eigenvalue weighted by Crippen LogP contribution is -2.47. The van der Waals surface area contributed by atoms with Gasteiger partial charge in [0.15, 0.2) is 0 Å². The monoisotopic (exact) mass is 379 g/mol. The van der Waals surface area contributed by atoms with Crippen LogP contribution in [0.1, 0.15) is 26.7 Å². The molecule has 0 aromatic heterocycles. The van der Waals surface area contributed by atoms with E-state index in [0.717, 1.165) is 0 Å². The van der Waals surface area contributed by atoms with E-state index in [9.17, 15) is 19.5 Å². The highest BCUT2D eigenvalue weighted by Crippen LogP contribution is 2.53. The summed E-state index contributed by atoms with van der Waals surface area (Å²) in [7, 11) is 3.66. The molecule has 8 unspecified atom stereocenters. The highest BCUT2D eigenvalue weighted by atomic mass is 16.6. The summed E-state index contributed by atoms with van der Waals surface area (Å²) >= 11 is 0. The van der Waals surface area contributed by atoms with E-state index in [1.165, 1.54) is 0 Å². The van der Waals surface area contributed by atoms with Gasteiger partial charge < -0.3 is 24.2 Å². The van der Waals surface area contributed by atoms with Crippen molar-refractivity contribution in [1.82, 2.24) is 4.90 Å². The molecule has 3 heterocycles. The summed E-state index contributed by atoms with van der Waals surface area (Å²) in [4.78, 5) is 38.3. The van der Waals surface area contributed by atoms with E-state index in [-0.39, 0.29) is 36.4 Å². The number of carbonyl (C=O) groups is 3. The van der Waals surface area contributed by atoms with Gasteiger partial charge >= 0.3 is 17.9 Å². The van der Waals surface area contributed by atoms with Crippen molar-refractivity contribution in [2.45, 2.75) is 50.5 Å². The second-order valence-electron chi connectivity index (χ2n) is 8.58. The third-order valence-electron chi connectivity index (χ3n) is 6.49. The van der Waals surface area contributed by atoms with Crippen molar-refractivity contribution in [1.29, 1.82) is 0 Å². The van der Waals surface area contributed by atoms with Gasteiger partial charge in [-0.1, -0.05) is 6.92 Å². The van der Waals surface area contributed by atoms with E-state index in [2.05, 4.69) is 0 Å². The van der Waals surface area contributed by atoms with Crippen LogP contribution in [-0.4, -0.2) is 65.9 Å². The van der Waals surface area contributed by atoms with Crippen LogP contribution in [0, 0.1) is 23.7 Å². The first-order valence-corrected chi connectivity index (χ1v) is 9.32. The minimum Gasteiger partial charge on any atom is -0.481 e. The zero-order valence-corrected chi connectivity index (χ0v) is 15.9. The van der Waals surface area contributed by atoms with Gasteiger partial charge in [-0.25, -0.2) is 0 Å². The third kappa shape index (κ3) is 2.86. The topological polar surface area (TPSA) is 106 Å². The van der Waals surface area contributed by atoms with E-state index in [1.54, 1.807) is 13.0 Å². The van der Waals surface area contributed by atoms with Crippen LogP contribution in [-0.2, 0) is 28.6 Å². The molecule has 0 aromatic rings. The van der Waals surface area contributed by atoms with Gasteiger partial charge in [0.25, 0.3) is 0 Å². The summed E-state index contributed by atoms with van der Waals surface area (Å²) in [5.41, 5.74) is -0.581. The van der Waals surface area contributed by atoms with Crippen LogP contribution in [0.4, 0.5) is 0 Å².